The van der Waals surface area contributed by atoms with Crippen molar-refractivity contribution in [2.75, 3.05) is 0 Å². The first-order valence-corrected chi connectivity index (χ1v) is 2.93. The van der Waals surface area contributed by atoms with Crippen molar-refractivity contribution in [1.29, 1.82) is 0 Å². The molecule has 0 fully saturated rings. The largest absolute Gasteiger partial charge is 0.221 e. The Labute approximate surface area is 59.1 Å². The van der Waals surface area contributed by atoms with Crippen molar-refractivity contribution in [3.8, 4) is 0 Å². The highest BCUT2D eigenvalue weighted by atomic mass is 15.4. The van der Waals surface area contributed by atoms with Crippen LogP contribution in [0, 0.1) is 0 Å². The Morgan fingerprint density at radius 1 is 1.40 bits per heavy atom. The summed E-state index contributed by atoms with van der Waals surface area (Å²) in [6.45, 7) is 0. The second kappa shape index (κ2) is 1.83. The average Bonchev–Trinajstić information content (AvgIpc) is 2.34. The van der Waals surface area contributed by atoms with E-state index in [1.54, 1.807) is 10.7 Å². The molecular formula is C6H4BN3. The van der Waals surface area contributed by atoms with E-state index in [9.17, 15) is 0 Å². The maximum Gasteiger partial charge on any atom is 0.147 e. The van der Waals surface area contributed by atoms with Gasteiger partial charge in [0.05, 0.1) is 5.52 Å². The fraction of sp³-hybridized carbons (Fsp3) is 0. The first-order valence-electron chi connectivity index (χ1n) is 2.93. The Kier molecular flexibility index (Phi) is 1.00. The molecule has 0 aliphatic carbocycles. The van der Waals surface area contributed by atoms with E-state index >= 15 is 0 Å². The van der Waals surface area contributed by atoms with Crippen LogP contribution in [0.25, 0.3) is 5.52 Å². The lowest BCUT2D eigenvalue weighted by Crippen LogP contribution is -2.03. The lowest BCUT2D eigenvalue weighted by Gasteiger charge is -1.87. The third-order valence-electron chi connectivity index (χ3n) is 1.35. The molecule has 0 N–H and O–H groups in total. The lowest BCUT2D eigenvalue weighted by molar-refractivity contribution is 0.859. The van der Waals surface area contributed by atoms with Crippen molar-refractivity contribution >= 4 is 19.0 Å². The van der Waals surface area contributed by atoms with Crippen LogP contribution in [0.3, 0.4) is 0 Å². The maximum atomic E-state index is 5.48. The highest BCUT2D eigenvalue weighted by Crippen LogP contribution is 1.93. The number of fused-ring (bicyclic) bond motifs is 1. The summed E-state index contributed by atoms with van der Waals surface area (Å²) in [6, 6.07) is 5.64. The van der Waals surface area contributed by atoms with E-state index in [1.165, 1.54) is 0 Å². The highest BCUT2D eigenvalue weighted by molar-refractivity contribution is 6.34. The van der Waals surface area contributed by atoms with Crippen molar-refractivity contribution in [1.82, 2.24) is 14.8 Å². The molecule has 4 heteroatoms. The quantitative estimate of drug-likeness (QED) is 0.450. The number of pyridine rings is 1. The summed E-state index contributed by atoms with van der Waals surface area (Å²) >= 11 is 0. The minimum atomic E-state index is 0.473. The van der Waals surface area contributed by atoms with E-state index in [1.807, 2.05) is 18.2 Å². The molecule has 2 heterocycles. The van der Waals surface area contributed by atoms with Crippen LogP contribution < -0.4 is 5.59 Å². The third kappa shape index (κ3) is 0.619. The van der Waals surface area contributed by atoms with E-state index < -0.39 is 0 Å². The van der Waals surface area contributed by atoms with Gasteiger partial charge in [-0.3, -0.25) is 0 Å². The molecule has 3 nitrogen and oxygen atoms in total. The van der Waals surface area contributed by atoms with Crippen molar-refractivity contribution < 1.29 is 0 Å². The standard InChI is InChI=1S/C6H4BN3/c7-6-5-3-1-2-4-10(5)9-8-6/h1-4H. The zero-order chi connectivity index (χ0) is 6.97. The molecule has 0 aliphatic rings. The molecule has 2 rings (SSSR count). The molecule has 2 aromatic rings. The maximum absolute atomic E-state index is 5.48. The van der Waals surface area contributed by atoms with Crippen LogP contribution in [-0.4, -0.2) is 22.7 Å². The monoisotopic (exact) mass is 129 g/mol. The van der Waals surface area contributed by atoms with E-state index in [0.717, 1.165) is 5.52 Å². The number of hydrogen-bond acceptors (Lipinski definition) is 2. The van der Waals surface area contributed by atoms with E-state index in [4.69, 9.17) is 7.85 Å². The summed E-state index contributed by atoms with van der Waals surface area (Å²) in [5.74, 6) is 0. The molecule has 46 valence electrons. The molecule has 0 aromatic carbocycles. The van der Waals surface area contributed by atoms with Gasteiger partial charge in [-0.25, -0.2) is 4.52 Å². The van der Waals surface area contributed by atoms with Crippen LogP contribution in [-0.2, 0) is 0 Å². The Morgan fingerprint density at radius 3 is 3.10 bits per heavy atom. The van der Waals surface area contributed by atoms with Crippen molar-refractivity contribution in [2.45, 2.75) is 0 Å². The molecular weight excluding hydrogens is 125 g/mol. The summed E-state index contributed by atoms with van der Waals surface area (Å²) in [6.07, 6.45) is 1.80. The van der Waals surface area contributed by atoms with Gasteiger partial charge in [-0.15, -0.1) is 5.10 Å². The van der Waals surface area contributed by atoms with Gasteiger partial charge in [-0.05, 0) is 12.1 Å². The lowest BCUT2D eigenvalue weighted by atomic mass is 10.0. The van der Waals surface area contributed by atoms with Crippen LogP contribution in [0.4, 0.5) is 0 Å². The van der Waals surface area contributed by atoms with Gasteiger partial charge in [0, 0.05) is 11.8 Å². The fourth-order valence-electron chi connectivity index (χ4n) is 0.863. The van der Waals surface area contributed by atoms with Crippen LogP contribution in [0.5, 0.6) is 0 Å². The fourth-order valence-corrected chi connectivity index (χ4v) is 0.863. The molecule has 0 amide bonds. The Morgan fingerprint density at radius 2 is 2.30 bits per heavy atom. The number of hydrogen-bond donors (Lipinski definition) is 0. The van der Waals surface area contributed by atoms with Gasteiger partial charge < -0.3 is 0 Å². The number of rotatable bonds is 0. The SMILES string of the molecule is [B]c1nnn2ccccc12. The van der Waals surface area contributed by atoms with E-state index in [0.29, 0.717) is 5.59 Å². The third-order valence-corrected chi connectivity index (χ3v) is 1.35. The predicted octanol–water partition coefficient (Wildman–Crippen LogP) is -0.477. The summed E-state index contributed by atoms with van der Waals surface area (Å²) in [5.41, 5.74) is 1.32. The van der Waals surface area contributed by atoms with Crippen molar-refractivity contribution in [3.63, 3.8) is 0 Å². The zero-order valence-corrected chi connectivity index (χ0v) is 5.23. The molecule has 2 aromatic heterocycles. The van der Waals surface area contributed by atoms with Crippen LogP contribution in [0.1, 0.15) is 0 Å². The molecule has 0 spiro atoms. The zero-order valence-electron chi connectivity index (χ0n) is 5.23. The highest BCUT2D eigenvalue weighted by Gasteiger charge is 1.95. The van der Waals surface area contributed by atoms with E-state index in [-0.39, 0.29) is 0 Å². The summed E-state index contributed by atoms with van der Waals surface area (Å²) in [7, 11) is 5.48. The van der Waals surface area contributed by atoms with Crippen LogP contribution in [0.15, 0.2) is 24.4 Å². The Balaban J connectivity index is 2.93. The summed E-state index contributed by atoms with van der Waals surface area (Å²) in [4.78, 5) is 0. The van der Waals surface area contributed by atoms with Gasteiger partial charge in [-0.1, -0.05) is 11.3 Å². The van der Waals surface area contributed by atoms with Gasteiger partial charge in [0.25, 0.3) is 0 Å². The average molecular weight is 129 g/mol. The Bertz CT molecular complexity index is 355. The minimum absolute atomic E-state index is 0.473. The van der Waals surface area contributed by atoms with Crippen molar-refractivity contribution in [3.05, 3.63) is 24.4 Å². The number of aromatic nitrogens is 3. The first-order chi connectivity index (χ1) is 4.88. The molecule has 0 unspecified atom stereocenters. The second-order valence-corrected chi connectivity index (χ2v) is 2.01. The van der Waals surface area contributed by atoms with Gasteiger partial charge in [-0.2, -0.15) is 0 Å². The first kappa shape index (κ1) is 5.47. The molecule has 0 bridgehead atoms. The smallest absolute Gasteiger partial charge is 0.147 e. The summed E-state index contributed by atoms with van der Waals surface area (Å²) < 4.78 is 1.63. The molecule has 0 aliphatic heterocycles. The Hall–Kier alpha value is -1.32. The van der Waals surface area contributed by atoms with Gasteiger partial charge in [0.2, 0.25) is 0 Å². The van der Waals surface area contributed by atoms with Gasteiger partial charge >= 0.3 is 0 Å². The van der Waals surface area contributed by atoms with Crippen LogP contribution >= 0.6 is 0 Å². The molecule has 0 saturated heterocycles. The molecule has 2 radical (unpaired) electrons. The normalized spacial score (nSPS) is 10.4. The second-order valence-electron chi connectivity index (χ2n) is 2.01. The number of nitrogens with zero attached hydrogens (tertiary/aromatic N) is 3. The van der Waals surface area contributed by atoms with Gasteiger partial charge in [0.15, 0.2) is 0 Å². The molecule has 10 heavy (non-hydrogen) atoms. The van der Waals surface area contributed by atoms with Crippen molar-refractivity contribution in [2.24, 2.45) is 0 Å². The van der Waals surface area contributed by atoms with Gasteiger partial charge in [0.1, 0.15) is 7.85 Å². The minimum Gasteiger partial charge on any atom is -0.221 e. The predicted molar refractivity (Wildman–Crippen MR) is 38.4 cm³/mol. The van der Waals surface area contributed by atoms with E-state index in [2.05, 4.69) is 10.3 Å². The summed E-state index contributed by atoms with van der Waals surface area (Å²) in [5, 5.41) is 7.45. The molecule has 0 atom stereocenters. The topological polar surface area (TPSA) is 30.2 Å². The van der Waals surface area contributed by atoms with Crippen LogP contribution in [0.2, 0.25) is 0 Å². The molecule has 0 saturated carbocycles.